The second kappa shape index (κ2) is 6.27. The second-order valence-electron chi connectivity index (χ2n) is 6.40. The SMILES string of the molecule is CCNC(C)c1cc(Br)ccc1N1C2CCC1CC(O)C2. The summed E-state index contributed by atoms with van der Waals surface area (Å²) in [7, 11) is 0. The van der Waals surface area contributed by atoms with E-state index in [4.69, 9.17) is 0 Å². The number of hydrogen-bond donors (Lipinski definition) is 2. The molecular formula is C17H25BrN2O. The summed E-state index contributed by atoms with van der Waals surface area (Å²) >= 11 is 3.61. The minimum atomic E-state index is -0.108. The molecule has 0 saturated carbocycles. The van der Waals surface area contributed by atoms with Gasteiger partial charge in [0.25, 0.3) is 0 Å². The molecule has 2 N–H and O–H groups in total. The van der Waals surface area contributed by atoms with Gasteiger partial charge < -0.3 is 15.3 Å². The molecule has 1 aromatic rings. The summed E-state index contributed by atoms with van der Waals surface area (Å²) in [5.41, 5.74) is 2.71. The number of aliphatic hydroxyl groups excluding tert-OH is 1. The smallest absolute Gasteiger partial charge is 0.0579 e. The molecule has 3 nitrogen and oxygen atoms in total. The number of aliphatic hydroxyl groups is 1. The molecule has 116 valence electrons. The molecule has 0 amide bonds. The first-order chi connectivity index (χ1) is 10.1. The molecule has 2 saturated heterocycles. The van der Waals surface area contributed by atoms with Crippen LogP contribution in [0.3, 0.4) is 0 Å². The van der Waals surface area contributed by atoms with Gasteiger partial charge in [-0.15, -0.1) is 0 Å². The minimum Gasteiger partial charge on any atom is -0.393 e. The fourth-order valence-corrected chi connectivity index (χ4v) is 4.44. The Morgan fingerprint density at radius 3 is 2.62 bits per heavy atom. The lowest BCUT2D eigenvalue weighted by Gasteiger charge is -2.40. The van der Waals surface area contributed by atoms with Crippen LogP contribution in [0, 0.1) is 0 Å². The van der Waals surface area contributed by atoms with Gasteiger partial charge in [0.05, 0.1) is 6.10 Å². The first kappa shape index (κ1) is 15.3. The molecule has 1 aromatic carbocycles. The van der Waals surface area contributed by atoms with E-state index >= 15 is 0 Å². The number of anilines is 1. The number of halogens is 1. The molecule has 2 fully saturated rings. The summed E-state index contributed by atoms with van der Waals surface area (Å²) in [4.78, 5) is 2.59. The van der Waals surface area contributed by atoms with Crippen molar-refractivity contribution in [3.05, 3.63) is 28.2 Å². The molecule has 0 aromatic heterocycles. The maximum atomic E-state index is 10.0. The third-order valence-corrected chi connectivity index (χ3v) is 5.45. The summed E-state index contributed by atoms with van der Waals surface area (Å²) in [6.07, 6.45) is 4.16. The third kappa shape index (κ3) is 2.99. The Bertz CT molecular complexity index is 494. The fourth-order valence-electron chi connectivity index (χ4n) is 4.07. The molecule has 2 aliphatic heterocycles. The van der Waals surface area contributed by atoms with Gasteiger partial charge in [-0.3, -0.25) is 0 Å². The quantitative estimate of drug-likeness (QED) is 0.868. The van der Waals surface area contributed by atoms with Crippen LogP contribution < -0.4 is 10.2 Å². The van der Waals surface area contributed by atoms with E-state index < -0.39 is 0 Å². The van der Waals surface area contributed by atoms with Gasteiger partial charge in [-0.2, -0.15) is 0 Å². The highest BCUT2D eigenvalue weighted by Crippen LogP contribution is 2.42. The first-order valence-corrected chi connectivity index (χ1v) is 8.88. The zero-order valence-corrected chi connectivity index (χ0v) is 14.4. The third-order valence-electron chi connectivity index (χ3n) is 4.95. The predicted molar refractivity (Wildman–Crippen MR) is 90.8 cm³/mol. The van der Waals surface area contributed by atoms with Crippen molar-refractivity contribution in [2.24, 2.45) is 0 Å². The lowest BCUT2D eigenvalue weighted by Crippen LogP contribution is -2.45. The Labute approximate surface area is 135 Å². The highest BCUT2D eigenvalue weighted by atomic mass is 79.9. The summed E-state index contributed by atoms with van der Waals surface area (Å²) in [6, 6.07) is 7.99. The predicted octanol–water partition coefficient (Wildman–Crippen LogP) is 3.61. The van der Waals surface area contributed by atoms with Gasteiger partial charge in [0.1, 0.15) is 0 Å². The summed E-state index contributed by atoms with van der Waals surface area (Å²) in [5.74, 6) is 0. The van der Waals surface area contributed by atoms with Crippen molar-refractivity contribution in [3.63, 3.8) is 0 Å². The Balaban J connectivity index is 1.95. The molecule has 0 radical (unpaired) electrons. The van der Waals surface area contributed by atoms with Crippen LogP contribution in [0.15, 0.2) is 22.7 Å². The van der Waals surface area contributed by atoms with Crippen LogP contribution in [-0.2, 0) is 0 Å². The lowest BCUT2D eigenvalue weighted by molar-refractivity contribution is 0.126. The van der Waals surface area contributed by atoms with Crippen molar-refractivity contribution in [1.82, 2.24) is 5.32 Å². The molecule has 0 spiro atoms. The first-order valence-electron chi connectivity index (χ1n) is 8.09. The number of piperidine rings is 1. The number of benzene rings is 1. The topological polar surface area (TPSA) is 35.5 Å². The van der Waals surface area contributed by atoms with Crippen LogP contribution in [0.4, 0.5) is 5.69 Å². The van der Waals surface area contributed by atoms with Gasteiger partial charge in [0.15, 0.2) is 0 Å². The highest BCUT2D eigenvalue weighted by molar-refractivity contribution is 9.10. The van der Waals surface area contributed by atoms with Crippen LogP contribution >= 0.6 is 15.9 Å². The zero-order valence-electron chi connectivity index (χ0n) is 12.8. The summed E-state index contributed by atoms with van der Waals surface area (Å²) in [6.45, 7) is 5.35. The monoisotopic (exact) mass is 352 g/mol. The maximum Gasteiger partial charge on any atom is 0.0579 e. The fraction of sp³-hybridized carbons (Fsp3) is 0.647. The standard InChI is InChI=1S/C17H25BrN2O/c1-3-19-11(2)16-8-12(18)4-7-17(16)20-13-5-6-14(20)10-15(21)9-13/h4,7-8,11,13-15,19,21H,3,5-6,9-10H2,1-2H3. The van der Waals surface area contributed by atoms with Crippen molar-refractivity contribution in [2.75, 3.05) is 11.4 Å². The largest absolute Gasteiger partial charge is 0.393 e. The van der Waals surface area contributed by atoms with Gasteiger partial charge in [-0.1, -0.05) is 22.9 Å². The minimum absolute atomic E-state index is 0.108. The van der Waals surface area contributed by atoms with E-state index in [0.29, 0.717) is 18.1 Å². The molecule has 4 heteroatoms. The van der Waals surface area contributed by atoms with E-state index in [-0.39, 0.29) is 6.10 Å². The van der Waals surface area contributed by atoms with E-state index in [2.05, 4.69) is 58.2 Å². The van der Waals surface area contributed by atoms with Crippen molar-refractivity contribution < 1.29 is 5.11 Å². The van der Waals surface area contributed by atoms with E-state index in [1.165, 1.54) is 24.1 Å². The number of nitrogens with one attached hydrogen (secondary N) is 1. The van der Waals surface area contributed by atoms with Gasteiger partial charge in [0.2, 0.25) is 0 Å². The Morgan fingerprint density at radius 2 is 2.00 bits per heavy atom. The van der Waals surface area contributed by atoms with Crippen LogP contribution in [0.25, 0.3) is 0 Å². The Kier molecular flexibility index (Phi) is 4.57. The van der Waals surface area contributed by atoms with E-state index in [1.807, 2.05) is 0 Å². The van der Waals surface area contributed by atoms with Crippen molar-refractivity contribution in [3.8, 4) is 0 Å². The van der Waals surface area contributed by atoms with Gasteiger partial charge >= 0.3 is 0 Å². The normalized spacial score (nSPS) is 29.7. The van der Waals surface area contributed by atoms with E-state index in [9.17, 15) is 5.11 Å². The van der Waals surface area contributed by atoms with Gasteiger partial charge in [-0.25, -0.2) is 0 Å². The molecule has 3 atom stereocenters. The van der Waals surface area contributed by atoms with Gasteiger partial charge in [0, 0.05) is 28.3 Å². The van der Waals surface area contributed by atoms with E-state index in [1.54, 1.807) is 0 Å². The average molecular weight is 353 g/mol. The average Bonchev–Trinajstić information content (AvgIpc) is 2.71. The van der Waals surface area contributed by atoms with Crippen LogP contribution in [-0.4, -0.2) is 29.8 Å². The number of hydrogen-bond acceptors (Lipinski definition) is 3. The van der Waals surface area contributed by atoms with Crippen LogP contribution in [0.2, 0.25) is 0 Å². The summed E-state index contributed by atoms with van der Waals surface area (Å²) < 4.78 is 1.13. The number of fused-ring (bicyclic) bond motifs is 2. The Morgan fingerprint density at radius 1 is 1.33 bits per heavy atom. The number of rotatable bonds is 4. The summed E-state index contributed by atoms with van der Waals surface area (Å²) in [5, 5.41) is 13.5. The lowest BCUT2D eigenvalue weighted by atomic mass is 9.96. The van der Waals surface area contributed by atoms with E-state index in [0.717, 1.165) is 23.9 Å². The van der Waals surface area contributed by atoms with Crippen LogP contribution in [0.5, 0.6) is 0 Å². The zero-order chi connectivity index (χ0) is 15.0. The molecule has 2 bridgehead atoms. The molecule has 2 heterocycles. The van der Waals surface area contributed by atoms with Gasteiger partial charge in [-0.05, 0) is 62.9 Å². The van der Waals surface area contributed by atoms with Crippen molar-refractivity contribution in [1.29, 1.82) is 0 Å². The molecule has 0 aliphatic carbocycles. The van der Waals surface area contributed by atoms with Crippen molar-refractivity contribution in [2.45, 2.75) is 63.8 Å². The van der Waals surface area contributed by atoms with Crippen molar-refractivity contribution >= 4 is 21.6 Å². The molecular weight excluding hydrogens is 328 g/mol. The second-order valence-corrected chi connectivity index (χ2v) is 7.32. The maximum absolute atomic E-state index is 10.0. The molecule has 3 rings (SSSR count). The van der Waals surface area contributed by atoms with Crippen LogP contribution in [0.1, 0.15) is 51.1 Å². The Hall–Kier alpha value is -0.580. The molecule has 21 heavy (non-hydrogen) atoms. The molecule has 3 unspecified atom stereocenters. The highest BCUT2D eigenvalue weighted by Gasteiger charge is 2.41. The molecule has 2 aliphatic rings. The number of nitrogens with zero attached hydrogens (tertiary/aromatic N) is 1.